The second-order valence-electron chi connectivity index (χ2n) is 7.36. The minimum absolute atomic E-state index is 0.200. The Morgan fingerprint density at radius 2 is 1.81 bits per heavy atom. The molecule has 2 heterocycles. The standard InChI is InChI=1S/C22H24N6O3/c1-14-11-16(21-15(2)12-26(3)23-21)9-10-19(14)31-13-17-18(7-6-8-20(17)30-5)28-22(29)27(4)24-25-28/h6-12H,13H2,1-5H3. The Hall–Kier alpha value is -3.88. The maximum atomic E-state index is 12.4. The number of methoxy groups -OCH3 is 1. The first kappa shape index (κ1) is 20.4. The monoisotopic (exact) mass is 420 g/mol. The molecule has 0 radical (unpaired) electrons. The van der Waals surface area contributed by atoms with Crippen LogP contribution in [0.25, 0.3) is 16.9 Å². The lowest BCUT2D eigenvalue weighted by Gasteiger charge is -2.15. The van der Waals surface area contributed by atoms with Gasteiger partial charge in [0.15, 0.2) is 0 Å². The number of tetrazole rings is 1. The molecule has 0 bridgehead atoms. The molecule has 0 aliphatic heterocycles. The first-order valence-corrected chi connectivity index (χ1v) is 9.78. The Morgan fingerprint density at radius 1 is 1.00 bits per heavy atom. The third-order valence-corrected chi connectivity index (χ3v) is 5.11. The van der Waals surface area contributed by atoms with E-state index in [1.807, 2.05) is 50.0 Å². The molecule has 160 valence electrons. The van der Waals surface area contributed by atoms with Crippen LogP contribution in [0, 0.1) is 13.8 Å². The highest BCUT2D eigenvalue weighted by atomic mass is 16.5. The summed E-state index contributed by atoms with van der Waals surface area (Å²) in [7, 11) is 5.04. The highest BCUT2D eigenvalue weighted by molar-refractivity contribution is 5.64. The summed E-state index contributed by atoms with van der Waals surface area (Å²) in [6, 6.07) is 11.4. The molecule has 9 nitrogen and oxygen atoms in total. The minimum Gasteiger partial charge on any atom is -0.496 e. The predicted octanol–water partition coefficient (Wildman–Crippen LogP) is 2.57. The zero-order valence-corrected chi connectivity index (χ0v) is 18.2. The van der Waals surface area contributed by atoms with E-state index in [0.29, 0.717) is 17.0 Å². The van der Waals surface area contributed by atoms with E-state index < -0.39 is 0 Å². The average molecular weight is 420 g/mol. The van der Waals surface area contributed by atoms with Crippen molar-refractivity contribution in [1.29, 1.82) is 0 Å². The van der Waals surface area contributed by atoms with Crippen LogP contribution in [0.2, 0.25) is 0 Å². The molecule has 0 fully saturated rings. The number of rotatable bonds is 6. The first-order chi connectivity index (χ1) is 14.9. The van der Waals surface area contributed by atoms with Crippen molar-refractivity contribution in [3.05, 3.63) is 69.8 Å². The van der Waals surface area contributed by atoms with E-state index in [4.69, 9.17) is 9.47 Å². The Morgan fingerprint density at radius 3 is 2.42 bits per heavy atom. The lowest BCUT2D eigenvalue weighted by molar-refractivity contribution is 0.294. The lowest BCUT2D eigenvalue weighted by Crippen LogP contribution is -2.23. The Bertz CT molecular complexity index is 1300. The molecule has 0 saturated carbocycles. The summed E-state index contributed by atoms with van der Waals surface area (Å²) in [5.74, 6) is 1.34. The lowest BCUT2D eigenvalue weighted by atomic mass is 10.1. The van der Waals surface area contributed by atoms with Gasteiger partial charge in [-0.15, -0.1) is 0 Å². The predicted molar refractivity (Wildman–Crippen MR) is 116 cm³/mol. The second kappa shape index (κ2) is 8.10. The average Bonchev–Trinajstić information content (AvgIpc) is 3.27. The van der Waals surface area contributed by atoms with Crippen LogP contribution < -0.4 is 15.2 Å². The fourth-order valence-electron chi connectivity index (χ4n) is 3.55. The quantitative estimate of drug-likeness (QED) is 0.476. The smallest absolute Gasteiger partial charge is 0.368 e. The first-order valence-electron chi connectivity index (χ1n) is 9.78. The maximum absolute atomic E-state index is 12.4. The third-order valence-electron chi connectivity index (χ3n) is 5.11. The molecular formula is C22H24N6O3. The van der Waals surface area contributed by atoms with Crippen molar-refractivity contribution in [3.8, 4) is 28.4 Å². The molecule has 0 N–H and O–H groups in total. The van der Waals surface area contributed by atoms with Gasteiger partial charge in [0.25, 0.3) is 0 Å². The number of aryl methyl sites for hydroxylation is 4. The van der Waals surface area contributed by atoms with Crippen LogP contribution in [0.15, 0.2) is 47.4 Å². The number of nitrogens with zero attached hydrogens (tertiary/aromatic N) is 6. The van der Waals surface area contributed by atoms with Gasteiger partial charge in [0, 0.05) is 25.9 Å². The summed E-state index contributed by atoms with van der Waals surface area (Å²) in [6.07, 6.45) is 1.99. The van der Waals surface area contributed by atoms with Crippen molar-refractivity contribution < 1.29 is 9.47 Å². The molecule has 2 aromatic carbocycles. The molecule has 0 amide bonds. The van der Waals surface area contributed by atoms with E-state index in [1.165, 1.54) is 9.36 Å². The van der Waals surface area contributed by atoms with Crippen LogP contribution in [-0.2, 0) is 20.7 Å². The maximum Gasteiger partial charge on any atom is 0.368 e. The molecule has 0 atom stereocenters. The third kappa shape index (κ3) is 3.81. The summed E-state index contributed by atoms with van der Waals surface area (Å²) in [5.41, 5.74) is 5.01. The summed E-state index contributed by atoms with van der Waals surface area (Å²) < 4.78 is 15.8. The molecular weight excluding hydrogens is 396 g/mol. The fraction of sp³-hybridized carbons (Fsp3) is 0.273. The van der Waals surface area contributed by atoms with Crippen molar-refractivity contribution >= 4 is 0 Å². The number of benzene rings is 2. The van der Waals surface area contributed by atoms with Crippen molar-refractivity contribution in [2.24, 2.45) is 14.1 Å². The van der Waals surface area contributed by atoms with Gasteiger partial charge in [0.2, 0.25) is 0 Å². The molecule has 2 aromatic heterocycles. The number of hydrogen-bond donors (Lipinski definition) is 0. The highest BCUT2D eigenvalue weighted by Gasteiger charge is 2.16. The van der Waals surface area contributed by atoms with Crippen molar-refractivity contribution in [2.45, 2.75) is 20.5 Å². The van der Waals surface area contributed by atoms with Gasteiger partial charge in [-0.05, 0) is 65.7 Å². The molecule has 0 spiro atoms. The normalized spacial score (nSPS) is 11.0. The SMILES string of the molecule is COc1cccc(-n2nnn(C)c2=O)c1COc1ccc(-c2nn(C)cc2C)cc1C. The van der Waals surface area contributed by atoms with Crippen LogP contribution >= 0.6 is 0 Å². The van der Waals surface area contributed by atoms with Gasteiger partial charge in [-0.3, -0.25) is 4.68 Å². The van der Waals surface area contributed by atoms with Gasteiger partial charge < -0.3 is 9.47 Å². The van der Waals surface area contributed by atoms with E-state index in [1.54, 1.807) is 26.3 Å². The fourth-order valence-corrected chi connectivity index (χ4v) is 3.55. The molecule has 0 aliphatic carbocycles. The summed E-state index contributed by atoms with van der Waals surface area (Å²) in [6.45, 7) is 4.23. The zero-order valence-electron chi connectivity index (χ0n) is 18.2. The van der Waals surface area contributed by atoms with Crippen molar-refractivity contribution in [2.75, 3.05) is 7.11 Å². The largest absolute Gasteiger partial charge is 0.496 e. The summed E-state index contributed by atoms with van der Waals surface area (Å²) >= 11 is 0. The highest BCUT2D eigenvalue weighted by Crippen LogP contribution is 2.30. The number of ether oxygens (including phenoxy) is 2. The zero-order chi connectivity index (χ0) is 22.1. The summed E-state index contributed by atoms with van der Waals surface area (Å²) in [5, 5.41) is 12.3. The molecule has 4 rings (SSSR count). The van der Waals surface area contributed by atoms with E-state index in [9.17, 15) is 4.79 Å². The number of aromatic nitrogens is 6. The Balaban J connectivity index is 1.64. The van der Waals surface area contributed by atoms with Gasteiger partial charge in [0.1, 0.15) is 18.1 Å². The van der Waals surface area contributed by atoms with E-state index in [0.717, 1.165) is 28.1 Å². The van der Waals surface area contributed by atoms with E-state index in [2.05, 4.69) is 21.6 Å². The molecule has 9 heteroatoms. The second-order valence-corrected chi connectivity index (χ2v) is 7.36. The van der Waals surface area contributed by atoms with E-state index in [-0.39, 0.29) is 12.3 Å². The molecule has 0 saturated heterocycles. The van der Waals surface area contributed by atoms with Crippen LogP contribution in [0.5, 0.6) is 11.5 Å². The van der Waals surface area contributed by atoms with Gasteiger partial charge in [0.05, 0.1) is 24.1 Å². The summed E-state index contributed by atoms with van der Waals surface area (Å²) in [4.78, 5) is 12.4. The topological polar surface area (TPSA) is 89.0 Å². The van der Waals surface area contributed by atoms with Gasteiger partial charge in [-0.2, -0.15) is 14.5 Å². The van der Waals surface area contributed by atoms with Crippen molar-refractivity contribution in [3.63, 3.8) is 0 Å². The van der Waals surface area contributed by atoms with E-state index >= 15 is 0 Å². The Labute approximate surface area is 179 Å². The van der Waals surface area contributed by atoms with Crippen LogP contribution in [0.4, 0.5) is 0 Å². The molecule has 31 heavy (non-hydrogen) atoms. The van der Waals surface area contributed by atoms with Gasteiger partial charge >= 0.3 is 5.69 Å². The van der Waals surface area contributed by atoms with Crippen LogP contribution in [-0.4, -0.2) is 36.7 Å². The molecule has 4 aromatic rings. The number of hydrogen-bond acceptors (Lipinski definition) is 6. The molecule has 0 unspecified atom stereocenters. The van der Waals surface area contributed by atoms with Gasteiger partial charge in [-0.25, -0.2) is 4.79 Å². The van der Waals surface area contributed by atoms with Gasteiger partial charge in [-0.1, -0.05) is 6.07 Å². The van der Waals surface area contributed by atoms with Crippen molar-refractivity contribution in [1.82, 2.24) is 29.6 Å². The minimum atomic E-state index is -0.347. The molecule has 0 aliphatic rings. The Kier molecular flexibility index (Phi) is 5.33. The van der Waals surface area contributed by atoms with Crippen LogP contribution in [0.1, 0.15) is 16.7 Å². The van der Waals surface area contributed by atoms with Crippen LogP contribution in [0.3, 0.4) is 0 Å².